The van der Waals surface area contributed by atoms with Crippen LogP contribution in [0.15, 0.2) is 0 Å². The molecule has 1 aromatic carbocycles. The average molecular weight is 647 g/mol. The minimum atomic E-state index is -0.868. The van der Waals surface area contributed by atoms with Crippen LogP contribution in [-0.4, -0.2) is 26.2 Å². The highest BCUT2D eigenvalue weighted by molar-refractivity contribution is 5.82. The second kappa shape index (κ2) is 21.8. The second-order valence-corrected chi connectivity index (χ2v) is 15.5. The summed E-state index contributed by atoms with van der Waals surface area (Å²) >= 11 is 0. The van der Waals surface area contributed by atoms with Crippen molar-refractivity contribution in [3.8, 4) is 11.5 Å². The van der Waals surface area contributed by atoms with Gasteiger partial charge in [0.1, 0.15) is 11.5 Å². The Kier molecular flexibility index (Phi) is 20.8. The number of unbranched alkanes of at least 4 members (excludes halogenated alkanes) is 3. The van der Waals surface area contributed by atoms with Gasteiger partial charge in [-0.25, -0.2) is 0 Å². The number of rotatable bonds is 21. The quantitative estimate of drug-likeness (QED) is 0.0755. The van der Waals surface area contributed by atoms with Crippen LogP contribution in [0.4, 0.5) is 0 Å². The molecule has 1 rings (SSSR count). The van der Waals surface area contributed by atoms with Crippen molar-refractivity contribution in [3.05, 3.63) is 22.3 Å². The topological polar surface area (TPSA) is 61.8 Å². The summed E-state index contributed by atoms with van der Waals surface area (Å²) in [6, 6.07) is 0. The molecule has 0 spiro atoms. The summed E-state index contributed by atoms with van der Waals surface area (Å²) in [5.41, 5.74) is 2.35. The van der Waals surface area contributed by atoms with E-state index in [1.54, 1.807) is 21.0 Å². The summed E-state index contributed by atoms with van der Waals surface area (Å²) in [6.07, 6.45) is 15.5. The van der Waals surface area contributed by atoms with Crippen LogP contribution in [0, 0.1) is 49.4 Å². The van der Waals surface area contributed by atoms with Gasteiger partial charge in [0.15, 0.2) is 0 Å². The molecule has 5 nitrogen and oxygen atoms in total. The summed E-state index contributed by atoms with van der Waals surface area (Å²) in [7, 11) is 3.10. The van der Waals surface area contributed by atoms with Crippen molar-refractivity contribution in [1.29, 1.82) is 0 Å². The molecule has 0 amide bonds. The van der Waals surface area contributed by atoms with Gasteiger partial charge in [-0.2, -0.15) is 0 Å². The lowest BCUT2D eigenvalue weighted by Gasteiger charge is -2.31. The Morgan fingerprint density at radius 1 is 0.609 bits per heavy atom. The zero-order chi connectivity index (χ0) is 35.7. The highest BCUT2D eigenvalue weighted by atomic mass is 16.5. The highest BCUT2D eigenvalue weighted by Gasteiger charge is 2.41. The Morgan fingerprint density at radius 3 is 1.57 bits per heavy atom. The van der Waals surface area contributed by atoms with Crippen molar-refractivity contribution in [2.24, 2.45) is 28.6 Å². The van der Waals surface area contributed by atoms with Crippen LogP contribution >= 0.6 is 0 Å². The third kappa shape index (κ3) is 14.8. The monoisotopic (exact) mass is 647 g/mol. The first kappa shape index (κ1) is 44.0. The molecule has 1 aromatic rings. The molecule has 0 aliphatic carbocycles. The number of esters is 2. The third-order valence-corrected chi connectivity index (χ3v) is 9.63. The Labute approximate surface area is 285 Å². The molecule has 0 heterocycles. The van der Waals surface area contributed by atoms with Gasteiger partial charge in [0.25, 0.3) is 0 Å². The van der Waals surface area contributed by atoms with Gasteiger partial charge in [-0.05, 0) is 102 Å². The van der Waals surface area contributed by atoms with E-state index in [0.717, 1.165) is 58.6 Å². The Bertz CT molecular complexity index is 1040. The maximum absolute atomic E-state index is 13.4. The van der Waals surface area contributed by atoms with E-state index < -0.39 is 10.8 Å². The van der Waals surface area contributed by atoms with Crippen molar-refractivity contribution in [2.45, 2.75) is 173 Å². The maximum atomic E-state index is 13.4. The lowest BCUT2D eigenvalue weighted by Crippen LogP contribution is -2.38. The van der Waals surface area contributed by atoms with Crippen molar-refractivity contribution in [2.75, 3.05) is 14.2 Å². The lowest BCUT2D eigenvalue weighted by atomic mass is 9.75. The summed E-state index contributed by atoms with van der Waals surface area (Å²) < 4.78 is 17.0. The van der Waals surface area contributed by atoms with Crippen LogP contribution in [0.1, 0.15) is 169 Å². The predicted octanol–water partition coefficient (Wildman–Crippen LogP) is 11.9. The molecule has 0 fully saturated rings. The van der Waals surface area contributed by atoms with Crippen molar-refractivity contribution in [1.82, 2.24) is 0 Å². The molecule has 0 saturated carbocycles. The molecular formula is C41H74O5. The number of hydrogen-bond acceptors (Lipinski definition) is 5. The largest absolute Gasteiger partial charge is 0.496 e. The fourth-order valence-corrected chi connectivity index (χ4v) is 6.77. The molecule has 0 aliphatic rings. The van der Waals surface area contributed by atoms with Crippen LogP contribution in [0.25, 0.3) is 0 Å². The summed E-state index contributed by atoms with van der Waals surface area (Å²) in [6.45, 7) is 26.8. The number of carbonyl (C=O) groups excluding carboxylic acids is 2. The van der Waals surface area contributed by atoms with Gasteiger partial charge >= 0.3 is 11.9 Å². The van der Waals surface area contributed by atoms with E-state index in [0.29, 0.717) is 12.2 Å². The maximum Gasteiger partial charge on any atom is 0.316 e. The first-order valence-electron chi connectivity index (χ1n) is 18.5. The molecule has 46 heavy (non-hydrogen) atoms. The lowest BCUT2D eigenvalue weighted by molar-refractivity contribution is -0.155. The molecule has 268 valence electrons. The molecular weight excluding hydrogens is 572 g/mol. The molecule has 0 aromatic heterocycles. The number of methoxy groups -OCH3 is 2. The number of ether oxygens (including phenoxy) is 3. The predicted molar refractivity (Wildman–Crippen MR) is 196 cm³/mol. The van der Waals surface area contributed by atoms with E-state index in [1.807, 2.05) is 48.5 Å². The number of hydrogen-bond donors (Lipinski definition) is 0. The van der Waals surface area contributed by atoms with Crippen LogP contribution in [0.3, 0.4) is 0 Å². The van der Waals surface area contributed by atoms with Crippen molar-refractivity contribution in [3.63, 3.8) is 0 Å². The molecule has 0 N–H and O–H groups in total. The van der Waals surface area contributed by atoms with Gasteiger partial charge < -0.3 is 14.2 Å². The van der Waals surface area contributed by atoms with E-state index in [1.165, 1.54) is 71.3 Å². The van der Waals surface area contributed by atoms with E-state index >= 15 is 0 Å². The van der Waals surface area contributed by atoms with Gasteiger partial charge in [-0.3, -0.25) is 9.59 Å². The van der Waals surface area contributed by atoms with E-state index in [9.17, 15) is 9.59 Å². The van der Waals surface area contributed by atoms with E-state index in [-0.39, 0.29) is 11.9 Å². The molecule has 2 atom stereocenters. The van der Waals surface area contributed by atoms with E-state index in [2.05, 4.69) is 27.7 Å². The first-order valence-corrected chi connectivity index (χ1v) is 18.5. The molecule has 5 heteroatoms. The van der Waals surface area contributed by atoms with Crippen LogP contribution in [-0.2, 0) is 20.7 Å². The highest BCUT2D eigenvalue weighted by Crippen LogP contribution is 2.41. The molecule has 0 aliphatic heterocycles. The smallest absolute Gasteiger partial charge is 0.316 e. The Morgan fingerprint density at radius 2 is 1.07 bits per heavy atom. The first-order chi connectivity index (χ1) is 21.5. The van der Waals surface area contributed by atoms with Gasteiger partial charge in [0.05, 0.1) is 25.0 Å². The Hall–Kier alpha value is -2.04. The van der Waals surface area contributed by atoms with Gasteiger partial charge in [-0.15, -0.1) is 0 Å². The van der Waals surface area contributed by atoms with Gasteiger partial charge in [-0.1, -0.05) is 106 Å². The minimum absolute atomic E-state index is 0.321. The zero-order valence-corrected chi connectivity index (χ0v) is 33.0. The molecule has 0 saturated heterocycles. The van der Waals surface area contributed by atoms with Gasteiger partial charge in [0.2, 0.25) is 0 Å². The SMILES string of the molecule is CC.COC(=O)C(C)(C)CC(C)(C)C(=O)Oc1c(C)c(C)c(OC)c(CCCCCC[C@H](C)CCCC(C)CCCC(C)C)c1C. The zero-order valence-electron chi connectivity index (χ0n) is 33.0. The second-order valence-electron chi connectivity index (χ2n) is 15.5. The van der Waals surface area contributed by atoms with E-state index in [4.69, 9.17) is 14.2 Å². The van der Waals surface area contributed by atoms with Crippen molar-refractivity contribution < 1.29 is 23.8 Å². The molecule has 0 bridgehead atoms. The fourth-order valence-electron chi connectivity index (χ4n) is 6.77. The fraction of sp³-hybridized carbons (Fsp3) is 0.805. The van der Waals surface area contributed by atoms with Crippen LogP contribution in [0.5, 0.6) is 11.5 Å². The molecule has 0 radical (unpaired) electrons. The Balaban J connectivity index is 0.00000991. The standard InChI is InChI=1S/C39H68O5.C2H6/c1-27(2)20-18-22-29(4)24-19-23-28(3)21-16-14-15-17-25-33-32(7)34(30(5)31(6)35(33)42-12)44-37(41)39(10,11)26-38(8,9)36(40)43-13;1-2/h27-29H,14-26H2,1-13H3;1-2H3/t28-,29?;/m0./s1. The number of carbonyl (C=O) groups is 2. The summed E-state index contributed by atoms with van der Waals surface area (Å²) in [4.78, 5) is 25.7. The molecule has 1 unspecified atom stereocenters. The van der Waals surface area contributed by atoms with Crippen LogP contribution in [0.2, 0.25) is 0 Å². The normalized spacial score (nSPS) is 13.1. The minimum Gasteiger partial charge on any atom is -0.496 e. The number of benzene rings is 1. The van der Waals surface area contributed by atoms with Crippen molar-refractivity contribution >= 4 is 11.9 Å². The average Bonchev–Trinajstić information content (AvgIpc) is 2.99. The summed E-state index contributed by atoms with van der Waals surface area (Å²) in [5.74, 6) is 3.34. The van der Waals surface area contributed by atoms with Gasteiger partial charge in [0, 0.05) is 5.56 Å². The third-order valence-electron chi connectivity index (χ3n) is 9.63. The summed E-state index contributed by atoms with van der Waals surface area (Å²) in [5, 5.41) is 0. The van der Waals surface area contributed by atoms with Crippen LogP contribution < -0.4 is 9.47 Å².